The van der Waals surface area contributed by atoms with E-state index in [4.69, 9.17) is 0 Å². The van der Waals surface area contributed by atoms with Crippen molar-refractivity contribution >= 4 is 85.4 Å². The van der Waals surface area contributed by atoms with E-state index in [2.05, 4.69) is 79.6 Å². The molecule has 0 aromatic heterocycles. The molecule has 0 unspecified atom stereocenters. The molecular weight excluding hydrogens is 632 g/mol. The number of aromatic hydroxyl groups is 3. The summed E-state index contributed by atoms with van der Waals surface area (Å²) in [5.74, 6) is -1.20. The van der Waals surface area contributed by atoms with Crippen LogP contribution in [0.1, 0.15) is 21.5 Å². The molecule has 122 valence electrons. The summed E-state index contributed by atoms with van der Waals surface area (Å²) >= 11 is 16.2. The van der Waals surface area contributed by atoms with E-state index in [-0.39, 0.29) is 27.1 Å². The van der Waals surface area contributed by atoms with Crippen molar-refractivity contribution in [1.82, 2.24) is 0 Å². The molecule has 0 heterocycles. The van der Waals surface area contributed by atoms with Crippen LogP contribution in [0.15, 0.2) is 28.4 Å². The van der Waals surface area contributed by atoms with Gasteiger partial charge in [0.05, 0.1) is 14.5 Å². The Morgan fingerprint density at radius 2 is 1.35 bits per heavy atom. The zero-order valence-corrected chi connectivity index (χ0v) is 19.1. The minimum atomic E-state index is -0.426. The van der Waals surface area contributed by atoms with Crippen LogP contribution in [-0.2, 0) is 0 Å². The summed E-state index contributed by atoms with van der Waals surface area (Å²) < 4.78 is 1.61. The molecule has 9 heteroatoms. The van der Waals surface area contributed by atoms with Gasteiger partial charge in [0, 0.05) is 24.5 Å². The zero-order chi connectivity index (χ0) is 17.6. The van der Waals surface area contributed by atoms with Crippen LogP contribution >= 0.6 is 79.6 Å². The second kappa shape index (κ2) is 7.03. The van der Waals surface area contributed by atoms with Crippen molar-refractivity contribution in [2.75, 3.05) is 0 Å². The van der Waals surface area contributed by atoms with E-state index in [0.29, 0.717) is 23.5 Å². The van der Waals surface area contributed by atoms with Gasteiger partial charge in [0.15, 0.2) is 17.3 Å². The molecule has 0 atom stereocenters. The van der Waals surface area contributed by atoms with E-state index in [1.807, 2.05) is 0 Å². The maximum Gasteiger partial charge on any atom is 0.196 e. The maximum absolute atomic E-state index is 12.9. The van der Waals surface area contributed by atoms with Crippen molar-refractivity contribution in [1.29, 1.82) is 0 Å². The zero-order valence-electron chi connectivity index (χ0n) is 11.2. The predicted molar refractivity (Wildman–Crippen MR) is 105 cm³/mol. The highest BCUT2D eigenvalue weighted by atomic mass is 79.9. The molecule has 2 aromatic rings. The molecule has 0 amide bonds. The van der Waals surface area contributed by atoms with E-state index >= 15 is 0 Å². The van der Waals surface area contributed by atoms with Crippen LogP contribution in [0, 0.1) is 6.92 Å². The lowest BCUT2D eigenvalue weighted by molar-refractivity contribution is 0.103. The third-order valence-electron chi connectivity index (χ3n) is 3.16. The Balaban J connectivity index is 2.78. The van der Waals surface area contributed by atoms with Crippen LogP contribution in [0.5, 0.6) is 17.2 Å². The quantitative estimate of drug-likeness (QED) is 0.210. The third-order valence-corrected chi connectivity index (χ3v) is 8.37. The average molecular weight is 639 g/mol. The van der Waals surface area contributed by atoms with Crippen molar-refractivity contribution < 1.29 is 20.1 Å². The topological polar surface area (TPSA) is 77.8 Å². The standard InChI is InChI=1S/C14H7Br5O4/c1-3-7(15)6(9(17)11(19)12(3)21)13(22)4-2-5(20)14(23)10(18)8(4)16/h2,20-21,23H,1H3. The van der Waals surface area contributed by atoms with Crippen LogP contribution in [0.25, 0.3) is 0 Å². The fourth-order valence-electron chi connectivity index (χ4n) is 1.87. The smallest absolute Gasteiger partial charge is 0.196 e. The molecule has 0 saturated heterocycles. The molecule has 0 radical (unpaired) electrons. The Morgan fingerprint density at radius 1 is 0.826 bits per heavy atom. The highest BCUT2D eigenvalue weighted by Gasteiger charge is 2.27. The van der Waals surface area contributed by atoms with Crippen LogP contribution < -0.4 is 0 Å². The second-order valence-electron chi connectivity index (χ2n) is 4.54. The predicted octanol–water partition coefficient (Wildman–Crippen LogP) is 6.16. The molecule has 0 saturated carbocycles. The molecule has 3 N–H and O–H groups in total. The first kappa shape index (κ1) is 19.2. The first-order chi connectivity index (χ1) is 10.6. The van der Waals surface area contributed by atoms with Crippen LogP contribution in [0.4, 0.5) is 0 Å². The molecule has 0 spiro atoms. The van der Waals surface area contributed by atoms with Gasteiger partial charge in [0.25, 0.3) is 0 Å². The Morgan fingerprint density at radius 3 is 1.91 bits per heavy atom. The number of hydrogen-bond acceptors (Lipinski definition) is 4. The van der Waals surface area contributed by atoms with Gasteiger partial charge in [-0.2, -0.15) is 0 Å². The number of carbonyl (C=O) groups excluding carboxylic acids is 1. The van der Waals surface area contributed by atoms with Gasteiger partial charge in [-0.05, 0) is 92.6 Å². The van der Waals surface area contributed by atoms with Gasteiger partial charge in [0.2, 0.25) is 0 Å². The van der Waals surface area contributed by atoms with E-state index in [1.165, 1.54) is 6.07 Å². The van der Waals surface area contributed by atoms with E-state index < -0.39 is 11.5 Å². The summed E-state index contributed by atoms with van der Waals surface area (Å²) in [5, 5.41) is 29.5. The Kier molecular flexibility index (Phi) is 5.88. The number of phenols is 3. The fourth-order valence-corrected chi connectivity index (χ4v) is 4.66. The number of carbonyl (C=O) groups is 1. The van der Waals surface area contributed by atoms with Crippen molar-refractivity contribution in [3.05, 3.63) is 45.1 Å². The van der Waals surface area contributed by atoms with Gasteiger partial charge in [-0.3, -0.25) is 4.79 Å². The molecule has 0 aliphatic rings. The highest BCUT2D eigenvalue weighted by molar-refractivity contribution is 9.13. The summed E-state index contributed by atoms with van der Waals surface area (Å²) in [6.07, 6.45) is 0. The maximum atomic E-state index is 12.9. The van der Waals surface area contributed by atoms with Gasteiger partial charge >= 0.3 is 0 Å². The molecule has 0 bridgehead atoms. The van der Waals surface area contributed by atoms with E-state index in [0.717, 1.165) is 0 Å². The van der Waals surface area contributed by atoms with Crippen LogP contribution in [0.2, 0.25) is 0 Å². The van der Waals surface area contributed by atoms with Gasteiger partial charge < -0.3 is 15.3 Å². The number of rotatable bonds is 2. The Hall–Kier alpha value is -0.0900. The van der Waals surface area contributed by atoms with Gasteiger partial charge in [-0.1, -0.05) is 0 Å². The van der Waals surface area contributed by atoms with Gasteiger partial charge in [-0.15, -0.1) is 0 Å². The number of phenolic OH excluding ortho intramolecular Hbond substituents is 3. The molecular formula is C14H7Br5O4. The largest absolute Gasteiger partial charge is 0.506 e. The highest BCUT2D eigenvalue weighted by Crippen LogP contribution is 2.46. The first-order valence-electron chi connectivity index (χ1n) is 5.90. The molecule has 0 fully saturated rings. The Labute approximate surface area is 173 Å². The monoisotopic (exact) mass is 634 g/mol. The lowest BCUT2D eigenvalue weighted by atomic mass is 10.0. The summed E-state index contributed by atoms with van der Waals surface area (Å²) in [7, 11) is 0. The average Bonchev–Trinajstić information content (AvgIpc) is 2.52. The minimum Gasteiger partial charge on any atom is -0.506 e. The van der Waals surface area contributed by atoms with Crippen molar-refractivity contribution in [2.24, 2.45) is 0 Å². The van der Waals surface area contributed by atoms with Crippen LogP contribution in [0.3, 0.4) is 0 Å². The molecule has 23 heavy (non-hydrogen) atoms. The number of hydrogen-bond donors (Lipinski definition) is 3. The fraction of sp³-hybridized carbons (Fsp3) is 0.0714. The van der Waals surface area contributed by atoms with Gasteiger partial charge in [-0.25, -0.2) is 0 Å². The number of ketones is 1. The van der Waals surface area contributed by atoms with Crippen molar-refractivity contribution in [3.8, 4) is 17.2 Å². The lowest BCUT2D eigenvalue weighted by Gasteiger charge is -2.15. The summed E-state index contributed by atoms with van der Waals surface area (Å²) in [6, 6.07) is 1.17. The SMILES string of the molecule is Cc1c(O)c(Br)c(Br)c(C(=O)c2cc(O)c(O)c(Br)c2Br)c1Br. The summed E-state index contributed by atoms with van der Waals surface area (Å²) in [6.45, 7) is 1.66. The lowest BCUT2D eigenvalue weighted by Crippen LogP contribution is -2.07. The summed E-state index contributed by atoms with van der Waals surface area (Å²) in [5.41, 5.74) is 0.900. The van der Waals surface area contributed by atoms with Crippen molar-refractivity contribution in [2.45, 2.75) is 6.92 Å². The molecule has 0 aliphatic heterocycles. The van der Waals surface area contributed by atoms with Crippen LogP contribution in [-0.4, -0.2) is 21.1 Å². The second-order valence-corrected chi connectivity index (χ2v) is 8.50. The van der Waals surface area contributed by atoms with Gasteiger partial charge in [0.1, 0.15) is 5.75 Å². The van der Waals surface area contributed by atoms with E-state index in [1.54, 1.807) is 6.92 Å². The molecule has 2 rings (SSSR count). The Bertz CT molecular complexity index is 819. The summed E-state index contributed by atoms with van der Waals surface area (Å²) in [4.78, 5) is 12.9. The normalized spacial score (nSPS) is 10.9. The van der Waals surface area contributed by atoms with E-state index in [9.17, 15) is 20.1 Å². The number of benzene rings is 2. The first-order valence-corrected chi connectivity index (χ1v) is 9.86. The third kappa shape index (κ3) is 3.22. The molecule has 4 nitrogen and oxygen atoms in total. The minimum absolute atomic E-state index is 0.00843. The molecule has 0 aliphatic carbocycles. The van der Waals surface area contributed by atoms with Crippen molar-refractivity contribution in [3.63, 3.8) is 0 Å². The molecule has 2 aromatic carbocycles. The number of halogens is 5.